The van der Waals surface area contributed by atoms with Gasteiger partial charge in [0.25, 0.3) is 0 Å². The predicted molar refractivity (Wildman–Crippen MR) is 95.8 cm³/mol. The number of nitrogens with one attached hydrogen (secondary N) is 1. The first-order chi connectivity index (χ1) is 11.7. The molecule has 0 saturated carbocycles. The van der Waals surface area contributed by atoms with E-state index in [0.29, 0.717) is 6.61 Å². The second kappa shape index (κ2) is 7.79. The van der Waals surface area contributed by atoms with Gasteiger partial charge in [0.2, 0.25) is 5.91 Å². The summed E-state index contributed by atoms with van der Waals surface area (Å²) >= 11 is 3.30. The lowest BCUT2D eigenvalue weighted by atomic mass is 10.2. The third kappa shape index (κ3) is 4.70. The number of carbonyl (C=O) groups is 1. The van der Waals surface area contributed by atoms with E-state index >= 15 is 0 Å². The number of halogens is 1. The molecule has 0 aliphatic heterocycles. The Hall–Kier alpha value is -2.60. The van der Waals surface area contributed by atoms with Gasteiger partial charge in [0.05, 0.1) is 10.7 Å². The summed E-state index contributed by atoms with van der Waals surface area (Å²) in [5.41, 5.74) is 1.83. The van der Waals surface area contributed by atoms with Crippen molar-refractivity contribution in [2.75, 3.05) is 5.32 Å². The summed E-state index contributed by atoms with van der Waals surface area (Å²) < 4.78 is 8.13. The van der Waals surface area contributed by atoms with E-state index < -0.39 is 0 Å². The lowest BCUT2D eigenvalue weighted by Crippen LogP contribution is -2.18. The maximum absolute atomic E-state index is 12.0. The average molecular weight is 386 g/mol. The molecule has 122 valence electrons. The molecular weight excluding hydrogens is 370 g/mol. The van der Waals surface area contributed by atoms with Crippen LogP contribution in [0.3, 0.4) is 0 Å². The molecule has 1 amide bonds. The lowest BCUT2D eigenvalue weighted by Gasteiger charge is -2.08. The predicted octanol–water partition coefficient (Wildman–Crippen LogP) is 3.86. The zero-order chi connectivity index (χ0) is 16.8. The topological polar surface area (TPSA) is 56.2 Å². The fourth-order valence-electron chi connectivity index (χ4n) is 2.15. The number of nitrogens with zero attached hydrogens (tertiary/aromatic N) is 2. The number of hydrogen-bond donors (Lipinski definition) is 1. The van der Waals surface area contributed by atoms with Crippen molar-refractivity contribution >= 4 is 27.5 Å². The highest BCUT2D eigenvalue weighted by molar-refractivity contribution is 9.10. The molecule has 1 aromatic heterocycles. The van der Waals surface area contributed by atoms with E-state index in [9.17, 15) is 4.79 Å². The van der Waals surface area contributed by atoms with Gasteiger partial charge in [-0.3, -0.25) is 9.48 Å². The fraction of sp³-hybridized carbons (Fsp3) is 0.111. The standard InChI is InChI=1S/C18H16BrN3O2/c19-15-10-20-22(11-15)12-18(23)21-16-6-8-17(9-7-16)24-13-14-4-2-1-3-5-14/h1-11H,12-13H2,(H,21,23). The van der Waals surface area contributed by atoms with E-state index in [1.54, 1.807) is 17.1 Å². The second-order valence-electron chi connectivity index (χ2n) is 5.20. The highest BCUT2D eigenvalue weighted by atomic mass is 79.9. The summed E-state index contributed by atoms with van der Waals surface area (Å²) in [7, 11) is 0. The van der Waals surface area contributed by atoms with Gasteiger partial charge in [-0.15, -0.1) is 0 Å². The van der Waals surface area contributed by atoms with Crippen LogP contribution in [0.15, 0.2) is 71.5 Å². The Kier molecular flexibility index (Phi) is 5.28. The maximum atomic E-state index is 12.0. The van der Waals surface area contributed by atoms with Crippen molar-refractivity contribution in [1.82, 2.24) is 9.78 Å². The molecule has 0 unspecified atom stereocenters. The molecule has 0 saturated heterocycles. The number of carbonyl (C=O) groups excluding carboxylic acids is 1. The van der Waals surface area contributed by atoms with Gasteiger partial charge in [0.15, 0.2) is 0 Å². The first kappa shape index (κ1) is 16.3. The lowest BCUT2D eigenvalue weighted by molar-refractivity contribution is -0.116. The van der Waals surface area contributed by atoms with Crippen LogP contribution < -0.4 is 10.1 Å². The van der Waals surface area contributed by atoms with Crippen molar-refractivity contribution in [3.05, 3.63) is 77.0 Å². The van der Waals surface area contributed by atoms with Crippen molar-refractivity contribution in [3.63, 3.8) is 0 Å². The molecule has 0 aliphatic rings. The number of rotatable bonds is 6. The summed E-state index contributed by atoms with van der Waals surface area (Å²) in [5.74, 6) is 0.622. The van der Waals surface area contributed by atoms with Crippen molar-refractivity contribution in [2.24, 2.45) is 0 Å². The monoisotopic (exact) mass is 385 g/mol. The van der Waals surface area contributed by atoms with Crippen LogP contribution in [0, 0.1) is 0 Å². The summed E-state index contributed by atoms with van der Waals surface area (Å²) in [6, 6.07) is 17.3. The maximum Gasteiger partial charge on any atom is 0.246 e. The minimum Gasteiger partial charge on any atom is -0.489 e. The minimum absolute atomic E-state index is 0.136. The molecule has 0 spiro atoms. The third-order valence-electron chi connectivity index (χ3n) is 3.29. The molecule has 0 bridgehead atoms. The quantitative estimate of drug-likeness (QED) is 0.700. The number of benzene rings is 2. The van der Waals surface area contributed by atoms with Crippen LogP contribution in [0.4, 0.5) is 5.69 Å². The first-order valence-corrected chi connectivity index (χ1v) is 8.23. The van der Waals surface area contributed by atoms with Crippen LogP contribution in [0.5, 0.6) is 5.75 Å². The molecule has 0 aliphatic carbocycles. The number of hydrogen-bond acceptors (Lipinski definition) is 3. The highest BCUT2D eigenvalue weighted by Crippen LogP contribution is 2.17. The SMILES string of the molecule is O=C(Cn1cc(Br)cn1)Nc1ccc(OCc2ccccc2)cc1. The first-order valence-electron chi connectivity index (χ1n) is 7.44. The van der Waals surface area contributed by atoms with E-state index in [-0.39, 0.29) is 12.5 Å². The van der Waals surface area contributed by atoms with E-state index in [1.807, 2.05) is 54.6 Å². The molecular formula is C18H16BrN3O2. The second-order valence-corrected chi connectivity index (χ2v) is 6.12. The Morgan fingerprint density at radius 3 is 2.54 bits per heavy atom. The Bertz CT molecular complexity index is 801. The largest absolute Gasteiger partial charge is 0.489 e. The molecule has 0 atom stereocenters. The van der Waals surface area contributed by atoms with E-state index in [0.717, 1.165) is 21.5 Å². The molecule has 2 aromatic carbocycles. The molecule has 1 N–H and O–H groups in total. The fourth-order valence-corrected chi connectivity index (χ4v) is 2.48. The third-order valence-corrected chi connectivity index (χ3v) is 3.70. The van der Waals surface area contributed by atoms with Gasteiger partial charge >= 0.3 is 0 Å². The summed E-state index contributed by atoms with van der Waals surface area (Å²) in [6.07, 6.45) is 3.40. The molecule has 0 fully saturated rings. The molecule has 3 rings (SSSR count). The molecule has 24 heavy (non-hydrogen) atoms. The van der Waals surface area contributed by atoms with Crippen LogP contribution >= 0.6 is 15.9 Å². The zero-order valence-corrected chi connectivity index (χ0v) is 14.4. The van der Waals surface area contributed by atoms with Crippen LogP contribution in [0.2, 0.25) is 0 Å². The summed E-state index contributed by atoms with van der Waals surface area (Å²) in [6.45, 7) is 0.679. The molecule has 1 heterocycles. The van der Waals surface area contributed by atoms with Crippen molar-refractivity contribution in [3.8, 4) is 5.75 Å². The average Bonchev–Trinajstić information content (AvgIpc) is 3.00. The van der Waals surface area contributed by atoms with Crippen molar-refractivity contribution in [2.45, 2.75) is 13.2 Å². The molecule has 0 radical (unpaired) electrons. The van der Waals surface area contributed by atoms with Gasteiger partial charge < -0.3 is 10.1 Å². The van der Waals surface area contributed by atoms with Crippen LogP contribution in [-0.4, -0.2) is 15.7 Å². The van der Waals surface area contributed by atoms with E-state index in [1.165, 1.54) is 0 Å². The van der Waals surface area contributed by atoms with Gasteiger partial charge in [-0.05, 0) is 45.8 Å². The summed E-state index contributed by atoms with van der Waals surface area (Å²) in [4.78, 5) is 12.0. The van der Waals surface area contributed by atoms with Crippen LogP contribution in [0.25, 0.3) is 0 Å². The Morgan fingerprint density at radius 1 is 1.12 bits per heavy atom. The minimum atomic E-state index is -0.136. The smallest absolute Gasteiger partial charge is 0.246 e. The Balaban J connectivity index is 1.51. The van der Waals surface area contributed by atoms with Gasteiger partial charge in [-0.2, -0.15) is 5.10 Å². The highest BCUT2D eigenvalue weighted by Gasteiger charge is 2.05. The van der Waals surface area contributed by atoms with Crippen molar-refractivity contribution < 1.29 is 9.53 Å². The van der Waals surface area contributed by atoms with Gasteiger partial charge in [-0.1, -0.05) is 30.3 Å². The number of anilines is 1. The Labute approximate surface area is 148 Å². The number of amides is 1. The number of ether oxygens (including phenoxy) is 1. The number of aromatic nitrogens is 2. The van der Waals surface area contributed by atoms with Gasteiger partial charge in [0.1, 0.15) is 18.9 Å². The van der Waals surface area contributed by atoms with Gasteiger partial charge in [0, 0.05) is 11.9 Å². The van der Waals surface area contributed by atoms with Crippen LogP contribution in [-0.2, 0) is 17.9 Å². The zero-order valence-electron chi connectivity index (χ0n) is 12.9. The Morgan fingerprint density at radius 2 is 1.88 bits per heavy atom. The van der Waals surface area contributed by atoms with Crippen LogP contribution in [0.1, 0.15) is 5.56 Å². The molecule has 5 nitrogen and oxygen atoms in total. The molecule has 3 aromatic rings. The van der Waals surface area contributed by atoms with E-state index in [2.05, 4.69) is 26.3 Å². The summed E-state index contributed by atoms with van der Waals surface area (Å²) in [5, 5.41) is 6.88. The van der Waals surface area contributed by atoms with Gasteiger partial charge in [-0.25, -0.2) is 0 Å². The van der Waals surface area contributed by atoms with E-state index in [4.69, 9.17) is 4.74 Å². The normalized spacial score (nSPS) is 10.4. The van der Waals surface area contributed by atoms with Crippen molar-refractivity contribution in [1.29, 1.82) is 0 Å². The molecule has 6 heteroatoms.